The Hall–Kier alpha value is -1.87. The molecule has 0 amide bonds. The largest absolute Gasteiger partial charge is 0.489 e. The maximum atomic E-state index is 13.1. The fourth-order valence-corrected chi connectivity index (χ4v) is 2.09. The van der Waals surface area contributed by atoms with Gasteiger partial charge in [-0.2, -0.15) is 0 Å². The highest BCUT2D eigenvalue weighted by atomic mass is 19.1. The van der Waals surface area contributed by atoms with E-state index in [1.165, 1.54) is 12.1 Å². The van der Waals surface area contributed by atoms with Crippen LogP contribution in [0, 0.1) is 19.7 Å². The van der Waals surface area contributed by atoms with Crippen LogP contribution < -0.4 is 4.74 Å². The van der Waals surface area contributed by atoms with Crippen LogP contribution in [0.25, 0.3) is 0 Å². The van der Waals surface area contributed by atoms with Gasteiger partial charge in [-0.25, -0.2) is 4.39 Å². The summed E-state index contributed by atoms with van der Waals surface area (Å²) in [6.45, 7) is 5.89. The minimum absolute atomic E-state index is 0.244. The van der Waals surface area contributed by atoms with E-state index in [-0.39, 0.29) is 5.82 Å². The van der Waals surface area contributed by atoms with E-state index >= 15 is 0 Å². The van der Waals surface area contributed by atoms with Crippen LogP contribution >= 0.6 is 0 Å². The first kappa shape index (κ1) is 14.5. The monoisotopic (exact) mass is 274 g/mol. The van der Waals surface area contributed by atoms with E-state index in [2.05, 4.69) is 0 Å². The molecule has 2 aromatic carbocycles. The highest BCUT2D eigenvalue weighted by molar-refractivity contribution is 5.39. The number of aryl methyl sites for hydroxylation is 2. The zero-order valence-electron chi connectivity index (χ0n) is 12.0. The van der Waals surface area contributed by atoms with Gasteiger partial charge >= 0.3 is 0 Å². The van der Waals surface area contributed by atoms with E-state index in [9.17, 15) is 9.50 Å². The van der Waals surface area contributed by atoms with Crippen LogP contribution in [0.3, 0.4) is 0 Å². The molecule has 0 unspecified atom stereocenters. The summed E-state index contributed by atoms with van der Waals surface area (Å²) in [4.78, 5) is 0. The fraction of sp³-hybridized carbons (Fsp3) is 0.294. The zero-order valence-corrected chi connectivity index (χ0v) is 12.0. The number of hydrogen-bond acceptors (Lipinski definition) is 2. The van der Waals surface area contributed by atoms with Gasteiger partial charge in [0.15, 0.2) is 0 Å². The van der Waals surface area contributed by atoms with Crippen LogP contribution in [-0.4, -0.2) is 5.11 Å². The lowest BCUT2D eigenvalue weighted by Gasteiger charge is -2.15. The van der Waals surface area contributed by atoms with E-state index in [0.29, 0.717) is 12.4 Å². The van der Waals surface area contributed by atoms with E-state index in [1.54, 1.807) is 13.0 Å². The van der Waals surface area contributed by atoms with Crippen molar-refractivity contribution in [3.05, 3.63) is 64.5 Å². The maximum Gasteiger partial charge on any atom is 0.125 e. The summed E-state index contributed by atoms with van der Waals surface area (Å²) in [6, 6.07) is 10.4. The number of rotatable bonds is 4. The Morgan fingerprint density at radius 2 is 1.90 bits per heavy atom. The Bertz CT molecular complexity index is 606. The summed E-state index contributed by atoms with van der Waals surface area (Å²) in [5.74, 6) is 0.426. The Kier molecular flexibility index (Phi) is 4.40. The molecule has 1 atom stereocenters. The molecule has 0 saturated heterocycles. The van der Waals surface area contributed by atoms with E-state index in [1.807, 2.05) is 32.0 Å². The SMILES string of the molecule is Cc1ccc([C@H](C)O)c(OCc2ccc(F)cc2C)c1. The quantitative estimate of drug-likeness (QED) is 0.910. The van der Waals surface area contributed by atoms with Crippen molar-refractivity contribution in [1.29, 1.82) is 0 Å². The average molecular weight is 274 g/mol. The topological polar surface area (TPSA) is 29.5 Å². The van der Waals surface area contributed by atoms with Gasteiger partial charge in [0.2, 0.25) is 0 Å². The van der Waals surface area contributed by atoms with Crippen molar-refractivity contribution >= 4 is 0 Å². The summed E-state index contributed by atoms with van der Waals surface area (Å²) >= 11 is 0. The molecule has 0 aliphatic carbocycles. The van der Waals surface area contributed by atoms with Crippen molar-refractivity contribution < 1.29 is 14.2 Å². The van der Waals surface area contributed by atoms with E-state index < -0.39 is 6.10 Å². The van der Waals surface area contributed by atoms with Crippen LogP contribution in [0.4, 0.5) is 4.39 Å². The second-order valence-electron chi connectivity index (χ2n) is 5.08. The summed E-state index contributed by atoms with van der Waals surface area (Å²) in [7, 11) is 0. The first-order valence-corrected chi connectivity index (χ1v) is 6.64. The molecule has 0 aliphatic heterocycles. The van der Waals surface area contributed by atoms with Gasteiger partial charge in [-0.1, -0.05) is 18.2 Å². The minimum atomic E-state index is -0.583. The molecule has 2 aromatic rings. The van der Waals surface area contributed by atoms with Gasteiger partial charge in [0.05, 0.1) is 6.10 Å². The highest BCUT2D eigenvalue weighted by Gasteiger charge is 2.10. The first-order chi connectivity index (χ1) is 9.47. The van der Waals surface area contributed by atoms with Crippen LogP contribution in [0.2, 0.25) is 0 Å². The van der Waals surface area contributed by atoms with Crippen molar-refractivity contribution in [2.24, 2.45) is 0 Å². The Balaban J connectivity index is 2.20. The van der Waals surface area contributed by atoms with Gasteiger partial charge < -0.3 is 9.84 Å². The minimum Gasteiger partial charge on any atom is -0.489 e. The number of halogens is 1. The molecule has 1 N–H and O–H groups in total. The van der Waals surface area contributed by atoms with Crippen LogP contribution in [0.5, 0.6) is 5.75 Å². The molecular weight excluding hydrogens is 255 g/mol. The molecule has 2 rings (SSSR count). The normalized spacial score (nSPS) is 12.2. The van der Waals surface area contributed by atoms with Crippen LogP contribution in [0.15, 0.2) is 36.4 Å². The highest BCUT2D eigenvalue weighted by Crippen LogP contribution is 2.27. The number of aliphatic hydroxyl groups is 1. The molecule has 0 aliphatic rings. The van der Waals surface area contributed by atoms with Crippen molar-refractivity contribution in [3.63, 3.8) is 0 Å². The van der Waals surface area contributed by atoms with Crippen LogP contribution in [0.1, 0.15) is 35.3 Å². The number of hydrogen-bond donors (Lipinski definition) is 1. The molecule has 0 heterocycles. The predicted octanol–water partition coefficient (Wildman–Crippen LogP) is 4.07. The molecule has 3 heteroatoms. The van der Waals surface area contributed by atoms with Crippen molar-refractivity contribution in [1.82, 2.24) is 0 Å². The lowest BCUT2D eigenvalue weighted by molar-refractivity contribution is 0.190. The van der Waals surface area contributed by atoms with Crippen molar-refractivity contribution in [3.8, 4) is 5.75 Å². The molecule has 0 aromatic heterocycles. The van der Waals surface area contributed by atoms with Crippen molar-refractivity contribution in [2.45, 2.75) is 33.5 Å². The van der Waals surface area contributed by atoms with Gasteiger partial charge in [0.25, 0.3) is 0 Å². The molecule has 0 saturated carbocycles. The Morgan fingerprint density at radius 1 is 1.15 bits per heavy atom. The lowest BCUT2D eigenvalue weighted by Crippen LogP contribution is -2.03. The molecule has 0 spiro atoms. The summed E-state index contributed by atoms with van der Waals surface area (Å²) in [5, 5.41) is 9.75. The van der Waals surface area contributed by atoms with E-state index in [4.69, 9.17) is 4.74 Å². The molecule has 106 valence electrons. The first-order valence-electron chi connectivity index (χ1n) is 6.64. The third-order valence-electron chi connectivity index (χ3n) is 3.31. The zero-order chi connectivity index (χ0) is 14.7. The molecule has 2 nitrogen and oxygen atoms in total. The maximum absolute atomic E-state index is 13.1. The molecule has 0 fully saturated rings. The van der Waals surface area contributed by atoms with Gasteiger partial charge in [0, 0.05) is 5.56 Å². The average Bonchev–Trinajstić information content (AvgIpc) is 2.37. The molecule has 20 heavy (non-hydrogen) atoms. The number of aliphatic hydroxyl groups excluding tert-OH is 1. The smallest absolute Gasteiger partial charge is 0.125 e. The lowest BCUT2D eigenvalue weighted by atomic mass is 10.1. The molecular formula is C17H19FO2. The Morgan fingerprint density at radius 3 is 2.55 bits per heavy atom. The number of benzene rings is 2. The second-order valence-corrected chi connectivity index (χ2v) is 5.08. The van der Waals surface area contributed by atoms with Crippen molar-refractivity contribution in [2.75, 3.05) is 0 Å². The molecule has 0 bridgehead atoms. The van der Waals surface area contributed by atoms with Gasteiger partial charge in [0.1, 0.15) is 18.2 Å². The second kappa shape index (κ2) is 6.06. The van der Waals surface area contributed by atoms with E-state index in [0.717, 1.165) is 22.3 Å². The molecule has 0 radical (unpaired) electrons. The Labute approximate surface area is 118 Å². The van der Waals surface area contributed by atoms with Crippen LogP contribution in [-0.2, 0) is 6.61 Å². The third-order valence-corrected chi connectivity index (χ3v) is 3.31. The van der Waals surface area contributed by atoms with Gasteiger partial charge in [-0.05, 0) is 55.7 Å². The van der Waals surface area contributed by atoms with Gasteiger partial charge in [-0.3, -0.25) is 0 Å². The number of ether oxygens (including phenoxy) is 1. The fourth-order valence-electron chi connectivity index (χ4n) is 2.09. The summed E-state index contributed by atoms with van der Waals surface area (Å²) < 4.78 is 18.9. The third kappa shape index (κ3) is 3.36. The summed E-state index contributed by atoms with van der Waals surface area (Å²) in [6.07, 6.45) is -0.583. The summed E-state index contributed by atoms with van der Waals surface area (Å²) in [5.41, 5.74) is 3.62. The van der Waals surface area contributed by atoms with Gasteiger partial charge in [-0.15, -0.1) is 0 Å². The predicted molar refractivity (Wildman–Crippen MR) is 77.3 cm³/mol. The standard InChI is InChI=1S/C17H19FO2/c1-11-4-7-16(13(3)19)17(8-11)20-10-14-5-6-15(18)9-12(14)2/h4-9,13,19H,10H2,1-3H3/t13-/m0/s1.